The van der Waals surface area contributed by atoms with Crippen LogP contribution in [-0.2, 0) is 9.53 Å². The van der Waals surface area contributed by atoms with Gasteiger partial charge >= 0.3 is 5.97 Å². The first-order chi connectivity index (χ1) is 9.04. The quantitative estimate of drug-likeness (QED) is 0.814. The molecule has 0 saturated heterocycles. The third-order valence-corrected chi connectivity index (χ3v) is 2.62. The highest BCUT2D eigenvalue weighted by molar-refractivity contribution is 5.85. The Kier molecular flexibility index (Phi) is 7.94. The molecule has 0 saturated carbocycles. The smallest absolute Gasteiger partial charge is 0.342 e. The molecule has 0 spiro atoms. The van der Waals surface area contributed by atoms with Crippen molar-refractivity contribution in [2.45, 2.75) is 19.1 Å². The average molecular weight is 308 g/mol. The van der Waals surface area contributed by atoms with Crippen molar-refractivity contribution in [2.24, 2.45) is 5.73 Å². The highest BCUT2D eigenvalue weighted by Gasteiger charge is 2.30. The Hall–Kier alpha value is -1.53. The number of hydrogen-bond acceptors (Lipinski definition) is 5. The number of hydrogen-bond donors (Lipinski definition) is 1. The van der Waals surface area contributed by atoms with Crippen LogP contribution in [0.4, 0.5) is 4.39 Å². The van der Waals surface area contributed by atoms with Gasteiger partial charge in [-0.15, -0.1) is 12.4 Å². The molecule has 1 aromatic rings. The van der Waals surface area contributed by atoms with E-state index in [1.54, 1.807) is 19.1 Å². The summed E-state index contributed by atoms with van der Waals surface area (Å²) in [7, 11) is 2.92. The van der Waals surface area contributed by atoms with Gasteiger partial charge in [-0.2, -0.15) is 0 Å². The van der Waals surface area contributed by atoms with Gasteiger partial charge in [-0.3, -0.25) is 0 Å². The lowest BCUT2D eigenvalue weighted by Gasteiger charge is -2.19. The van der Waals surface area contributed by atoms with E-state index < -0.39 is 18.2 Å². The Morgan fingerprint density at radius 3 is 2.50 bits per heavy atom. The summed E-state index contributed by atoms with van der Waals surface area (Å²) in [5.74, 6) is -0.0950. The molecule has 114 valence electrons. The lowest BCUT2D eigenvalue weighted by atomic mass is 10.0. The molecule has 0 bridgehead atoms. The minimum absolute atomic E-state index is 0. The van der Waals surface area contributed by atoms with Crippen LogP contribution in [0.15, 0.2) is 18.2 Å². The normalized spacial score (nSPS) is 12.8. The maximum atomic E-state index is 13.9. The number of carbonyl (C=O) groups is 1. The molecule has 0 radical (unpaired) electrons. The summed E-state index contributed by atoms with van der Waals surface area (Å²) in [6.45, 7) is 1.70. The summed E-state index contributed by atoms with van der Waals surface area (Å²) < 4.78 is 28.7. The van der Waals surface area contributed by atoms with Gasteiger partial charge in [0, 0.05) is 5.56 Å². The Labute approximate surface area is 123 Å². The fraction of sp³-hybridized carbons (Fsp3) is 0.462. The Balaban J connectivity index is 0.00000361. The molecule has 0 fully saturated rings. The zero-order valence-electron chi connectivity index (χ0n) is 11.6. The van der Waals surface area contributed by atoms with Crippen molar-refractivity contribution in [1.82, 2.24) is 0 Å². The molecule has 0 aromatic heterocycles. The zero-order chi connectivity index (χ0) is 14.4. The molecule has 5 nitrogen and oxygen atoms in total. The van der Waals surface area contributed by atoms with Crippen LogP contribution in [0.3, 0.4) is 0 Å². The lowest BCUT2D eigenvalue weighted by molar-refractivity contribution is -0.149. The Bertz CT molecular complexity index is 444. The highest BCUT2D eigenvalue weighted by Crippen LogP contribution is 2.31. The standard InChI is InChI=1S/C13H18FNO4.ClH/c1-4-19-13(16)11(14)12(15)9-7-8(17-2)5-6-10(9)18-3;/h5-7,11-12H,4,15H2,1-3H3;1H/t11?,12-;/m0./s1. The molecule has 0 aliphatic heterocycles. The molecule has 1 unspecified atom stereocenters. The van der Waals surface area contributed by atoms with Gasteiger partial charge in [0.15, 0.2) is 0 Å². The SMILES string of the molecule is CCOC(=O)C(F)[C@@H](N)c1cc(OC)ccc1OC.Cl. The molecule has 1 rings (SSSR count). The lowest BCUT2D eigenvalue weighted by Crippen LogP contribution is -2.31. The molecular formula is C13H19ClFNO4. The number of ether oxygens (including phenoxy) is 3. The van der Waals surface area contributed by atoms with E-state index in [1.165, 1.54) is 20.3 Å². The molecule has 0 aliphatic carbocycles. The van der Waals surface area contributed by atoms with Gasteiger partial charge in [-0.25, -0.2) is 9.18 Å². The van der Waals surface area contributed by atoms with Crippen molar-refractivity contribution in [3.63, 3.8) is 0 Å². The maximum Gasteiger partial charge on any atom is 0.342 e. The van der Waals surface area contributed by atoms with Gasteiger partial charge in [0.05, 0.1) is 26.9 Å². The van der Waals surface area contributed by atoms with Crippen LogP contribution in [0.25, 0.3) is 0 Å². The molecule has 7 heteroatoms. The number of nitrogens with two attached hydrogens (primary N) is 1. The first-order valence-electron chi connectivity index (χ1n) is 5.83. The summed E-state index contributed by atoms with van der Waals surface area (Å²) in [5.41, 5.74) is 6.11. The van der Waals surface area contributed by atoms with Crippen molar-refractivity contribution in [3.05, 3.63) is 23.8 Å². The van der Waals surface area contributed by atoms with Gasteiger partial charge in [0.1, 0.15) is 11.5 Å². The second kappa shape index (κ2) is 8.60. The van der Waals surface area contributed by atoms with E-state index in [0.717, 1.165) is 0 Å². The van der Waals surface area contributed by atoms with Gasteiger partial charge in [0.2, 0.25) is 6.17 Å². The predicted molar refractivity (Wildman–Crippen MR) is 75.3 cm³/mol. The van der Waals surface area contributed by atoms with E-state index in [1.807, 2.05) is 0 Å². The third-order valence-electron chi connectivity index (χ3n) is 2.62. The summed E-state index contributed by atoms with van der Waals surface area (Å²) in [6.07, 6.45) is -1.96. The molecule has 20 heavy (non-hydrogen) atoms. The first kappa shape index (κ1) is 18.5. The highest BCUT2D eigenvalue weighted by atomic mass is 35.5. The van der Waals surface area contributed by atoms with E-state index in [2.05, 4.69) is 4.74 Å². The molecule has 0 heterocycles. The van der Waals surface area contributed by atoms with Crippen molar-refractivity contribution in [2.75, 3.05) is 20.8 Å². The topological polar surface area (TPSA) is 70.8 Å². The van der Waals surface area contributed by atoms with E-state index in [0.29, 0.717) is 17.1 Å². The number of esters is 1. The van der Waals surface area contributed by atoms with Crippen LogP contribution in [0, 0.1) is 0 Å². The number of carbonyl (C=O) groups excluding carboxylic acids is 1. The van der Waals surface area contributed by atoms with Crippen LogP contribution in [0.1, 0.15) is 18.5 Å². The van der Waals surface area contributed by atoms with Crippen LogP contribution < -0.4 is 15.2 Å². The number of alkyl halides is 1. The number of rotatable bonds is 6. The number of benzene rings is 1. The van der Waals surface area contributed by atoms with Gasteiger partial charge < -0.3 is 19.9 Å². The van der Waals surface area contributed by atoms with Crippen LogP contribution in [0.2, 0.25) is 0 Å². The molecule has 1 aromatic carbocycles. The van der Waals surface area contributed by atoms with Gasteiger partial charge in [-0.1, -0.05) is 0 Å². The summed E-state index contributed by atoms with van der Waals surface area (Å²) >= 11 is 0. The van der Waals surface area contributed by atoms with Crippen molar-refractivity contribution < 1.29 is 23.4 Å². The summed E-state index contributed by atoms with van der Waals surface area (Å²) in [5, 5.41) is 0. The van der Waals surface area contributed by atoms with Crippen molar-refractivity contribution >= 4 is 18.4 Å². The second-order valence-electron chi connectivity index (χ2n) is 3.79. The third kappa shape index (κ3) is 4.25. The largest absolute Gasteiger partial charge is 0.497 e. The zero-order valence-corrected chi connectivity index (χ0v) is 12.4. The monoisotopic (exact) mass is 307 g/mol. The van der Waals surface area contributed by atoms with E-state index in [-0.39, 0.29) is 19.0 Å². The fourth-order valence-electron chi connectivity index (χ4n) is 1.63. The van der Waals surface area contributed by atoms with Gasteiger partial charge in [0.25, 0.3) is 0 Å². The molecule has 2 atom stereocenters. The molecule has 0 amide bonds. The second-order valence-corrected chi connectivity index (χ2v) is 3.79. The predicted octanol–water partition coefficient (Wildman–Crippen LogP) is 2.03. The summed E-state index contributed by atoms with van der Waals surface area (Å²) in [4.78, 5) is 11.4. The Morgan fingerprint density at radius 1 is 1.35 bits per heavy atom. The van der Waals surface area contributed by atoms with Crippen LogP contribution in [-0.4, -0.2) is 33.0 Å². The number of halogens is 2. The number of methoxy groups -OCH3 is 2. The van der Waals surface area contributed by atoms with Gasteiger partial charge in [-0.05, 0) is 25.1 Å². The molecule has 2 N–H and O–H groups in total. The molecule has 0 aliphatic rings. The summed E-state index contributed by atoms with van der Waals surface area (Å²) in [6, 6.07) is 3.62. The van der Waals surface area contributed by atoms with Crippen LogP contribution in [0.5, 0.6) is 11.5 Å². The minimum atomic E-state index is -1.96. The maximum absolute atomic E-state index is 13.9. The molecular weight excluding hydrogens is 289 g/mol. The van der Waals surface area contributed by atoms with E-state index >= 15 is 0 Å². The average Bonchev–Trinajstić information content (AvgIpc) is 2.45. The first-order valence-corrected chi connectivity index (χ1v) is 5.83. The van der Waals surface area contributed by atoms with Crippen molar-refractivity contribution in [3.8, 4) is 11.5 Å². The Morgan fingerprint density at radius 2 is 2.00 bits per heavy atom. The van der Waals surface area contributed by atoms with Crippen LogP contribution >= 0.6 is 12.4 Å². The van der Waals surface area contributed by atoms with E-state index in [4.69, 9.17) is 15.2 Å². The fourth-order valence-corrected chi connectivity index (χ4v) is 1.63. The minimum Gasteiger partial charge on any atom is -0.497 e. The van der Waals surface area contributed by atoms with E-state index in [9.17, 15) is 9.18 Å². The van der Waals surface area contributed by atoms with Crippen molar-refractivity contribution in [1.29, 1.82) is 0 Å².